The lowest BCUT2D eigenvalue weighted by molar-refractivity contribution is -0.123. The molecule has 126 valence electrons. The van der Waals surface area contributed by atoms with Crippen molar-refractivity contribution in [2.45, 2.75) is 6.42 Å². The first-order valence-electron chi connectivity index (χ1n) is 7.77. The number of benzene rings is 2. The van der Waals surface area contributed by atoms with Crippen LogP contribution in [0.4, 0.5) is 10.1 Å². The smallest absolute Gasteiger partial charge is 0.227 e. The Hall–Kier alpha value is -3.22. The second-order valence-corrected chi connectivity index (χ2v) is 5.99. The molecule has 1 atom stereocenters. The van der Waals surface area contributed by atoms with Crippen LogP contribution < -0.4 is 10.6 Å². The maximum absolute atomic E-state index is 13.4. The van der Waals surface area contributed by atoms with Gasteiger partial charge in [-0.25, -0.2) is 9.37 Å². The lowest BCUT2D eigenvalue weighted by atomic mass is 10.1. The van der Waals surface area contributed by atoms with Gasteiger partial charge in [0.2, 0.25) is 17.7 Å². The maximum atomic E-state index is 13.4. The molecule has 1 unspecified atom stereocenters. The normalized spacial score (nSPS) is 17.4. The zero-order valence-corrected chi connectivity index (χ0v) is 13.1. The van der Waals surface area contributed by atoms with Gasteiger partial charge in [0.1, 0.15) is 11.3 Å². The Bertz CT molecular complexity index is 998. The highest BCUT2D eigenvalue weighted by Gasteiger charge is 2.34. The van der Waals surface area contributed by atoms with Crippen LogP contribution >= 0.6 is 0 Å². The van der Waals surface area contributed by atoms with Crippen LogP contribution in [0.1, 0.15) is 6.42 Å². The van der Waals surface area contributed by atoms with Crippen LogP contribution in [0.15, 0.2) is 46.9 Å². The molecule has 2 heterocycles. The molecule has 0 radical (unpaired) electrons. The first kappa shape index (κ1) is 15.3. The molecule has 1 saturated heterocycles. The van der Waals surface area contributed by atoms with Gasteiger partial charge in [-0.3, -0.25) is 9.59 Å². The van der Waals surface area contributed by atoms with E-state index in [1.165, 1.54) is 17.0 Å². The Kier molecular flexibility index (Phi) is 3.49. The molecule has 7 heteroatoms. The van der Waals surface area contributed by atoms with Crippen molar-refractivity contribution in [3.63, 3.8) is 0 Å². The molecule has 2 N–H and O–H groups in total. The van der Waals surface area contributed by atoms with Crippen LogP contribution in [0.5, 0.6) is 0 Å². The first-order chi connectivity index (χ1) is 12.0. The number of carbonyl (C=O) groups is 2. The van der Waals surface area contributed by atoms with E-state index in [2.05, 4.69) is 4.98 Å². The lowest BCUT2D eigenvalue weighted by Crippen LogP contribution is -2.28. The van der Waals surface area contributed by atoms with Gasteiger partial charge in [0.05, 0.1) is 5.92 Å². The summed E-state index contributed by atoms with van der Waals surface area (Å²) in [5.74, 6) is -1.19. The molecule has 2 aromatic carbocycles. The van der Waals surface area contributed by atoms with Gasteiger partial charge < -0.3 is 15.1 Å². The monoisotopic (exact) mass is 339 g/mol. The molecule has 1 aromatic heterocycles. The third-order valence-electron chi connectivity index (χ3n) is 4.28. The molecular formula is C18H14FN3O3. The summed E-state index contributed by atoms with van der Waals surface area (Å²) in [5.41, 5.74) is 7.53. The molecular weight excluding hydrogens is 325 g/mol. The minimum absolute atomic E-state index is 0.112. The number of hydrogen-bond acceptors (Lipinski definition) is 4. The summed E-state index contributed by atoms with van der Waals surface area (Å²) in [6.07, 6.45) is 0.112. The van der Waals surface area contributed by atoms with Crippen molar-refractivity contribution in [3.05, 3.63) is 48.3 Å². The highest BCUT2D eigenvalue weighted by molar-refractivity contribution is 6.01. The number of nitrogens with zero attached hydrogens (tertiary/aromatic N) is 2. The van der Waals surface area contributed by atoms with Gasteiger partial charge >= 0.3 is 0 Å². The molecule has 0 spiro atoms. The molecule has 1 fully saturated rings. The van der Waals surface area contributed by atoms with E-state index in [0.29, 0.717) is 28.2 Å². The summed E-state index contributed by atoms with van der Waals surface area (Å²) < 4.78 is 19.0. The lowest BCUT2D eigenvalue weighted by Gasteiger charge is -2.15. The van der Waals surface area contributed by atoms with Crippen LogP contribution in [-0.2, 0) is 9.59 Å². The van der Waals surface area contributed by atoms with Crippen molar-refractivity contribution < 1.29 is 18.4 Å². The van der Waals surface area contributed by atoms with Crippen molar-refractivity contribution in [1.82, 2.24) is 4.98 Å². The molecule has 1 aliphatic rings. The van der Waals surface area contributed by atoms with Gasteiger partial charge in [0.25, 0.3) is 0 Å². The number of oxazole rings is 1. The molecule has 4 rings (SSSR count). The summed E-state index contributed by atoms with van der Waals surface area (Å²) >= 11 is 0. The number of primary amides is 1. The summed E-state index contributed by atoms with van der Waals surface area (Å²) in [6.45, 7) is 0.258. The van der Waals surface area contributed by atoms with E-state index in [-0.39, 0.29) is 24.7 Å². The predicted molar refractivity (Wildman–Crippen MR) is 89.1 cm³/mol. The summed E-state index contributed by atoms with van der Waals surface area (Å²) in [4.78, 5) is 29.3. The number of amides is 2. The van der Waals surface area contributed by atoms with Crippen LogP contribution in [0.3, 0.4) is 0 Å². The van der Waals surface area contributed by atoms with Gasteiger partial charge in [-0.15, -0.1) is 0 Å². The van der Waals surface area contributed by atoms with Gasteiger partial charge in [-0.05, 0) is 36.4 Å². The van der Waals surface area contributed by atoms with Crippen molar-refractivity contribution >= 4 is 28.6 Å². The molecule has 3 aromatic rings. The minimum Gasteiger partial charge on any atom is -0.436 e. The largest absolute Gasteiger partial charge is 0.436 e. The molecule has 6 nitrogen and oxygen atoms in total. The quantitative estimate of drug-likeness (QED) is 0.794. The Morgan fingerprint density at radius 2 is 2.12 bits per heavy atom. The SMILES string of the molecule is NC(=O)C1CC(=O)N(c2ccc3oc(-c4cccc(F)c4)nc3c2)C1. The summed E-state index contributed by atoms with van der Waals surface area (Å²) in [5, 5.41) is 0. The molecule has 0 bridgehead atoms. The highest BCUT2D eigenvalue weighted by Crippen LogP contribution is 2.30. The highest BCUT2D eigenvalue weighted by atomic mass is 19.1. The molecule has 0 saturated carbocycles. The molecule has 0 aliphatic carbocycles. The van der Waals surface area contributed by atoms with Crippen LogP contribution in [0.2, 0.25) is 0 Å². The fourth-order valence-corrected chi connectivity index (χ4v) is 2.98. The van der Waals surface area contributed by atoms with Gasteiger partial charge in [-0.1, -0.05) is 6.07 Å². The van der Waals surface area contributed by atoms with E-state index in [1.54, 1.807) is 30.3 Å². The molecule has 1 aliphatic heterocycles. The summed E-state index contributed by atoms with van der Waals surface area (Å²) in [7, 11) is 0. The Morgan fingerprint density at radius 3 is 2.84 bits per heavy atom. The third kappa shape index (κ3) is 2.73. The third-order valence-corrected chi connectivity index (χ3v) is 4.28. The Balaban J connectivity index is 1.69. The van der Waals surface area contributed by atoms with Crippen LogP contribution in [-0.4, -0.2) is 23.3 Å². The van der Waals surface area contributed by atoms with E-state index in [1.807, 2.05) is 0 Å². The molecule has 25 heavy (non-hydrogen) atoms. The van der Waals surface area contributed by atoms with E-state index in [0.717, 1.165) is 0 Å². The number of carbonyl (C=O) groups excluding carboxylic acids is 2. The van der Waals surface area contributed by atoms with E-state index in [4.69, 9.17) is 10.2 Å². The Labute approximate surface area is 142 Å². The number of anilines is 1. The fourth-order valence-electron chi connectivity index (χ4n) is 2.98. The fraction of sp³-hybridized carbons (Fsp3) is 0.167. The van der Waals surface area contributed by atoms with Crippen LogP contribution in [0, 0.1) is 11.7 Å². The second kappa shape index (κ2) is 5.70. The number of nitrogens with two attached hydrogens (primary N) is 1. The van der Waals surface area contributed by atoms with Crippen molar-refractivity contribution in [2.24, 2.45) is 11.7 Å². The first-order valence-corrected chi connectivity index (χ1v) is 7.77. The number of halogens is 1. The van der Waals surface area contributed by atoms with Crippen LogP contribution in [0.25, 0.3) is 22.6 Å². The predicted octanol–water partition coefficient (Wildman–Crippen LogP) is 2.47. The van der Waals surface area contributed by atoms with Gasteiger partial charge in [-0.2, -0.15) is 0 Å². The zero-order chi connectivity index (χ0) is 17.6. The van der Waals surface area contributed by atoms with Crippen molar-refractivity contribution in [3.8, 4) is 11.5 Å². The standard InChI is InChI=1S/C18H14FN3O3/c19-12-3-1-2-10(6-12)18-21-14-8-13(4-5-15(14)25-18)22-9-11(17(20)24)7-16(22)23/h1-6,8,11H,7,9H2,(H2,20,24). The molecule has 2 amide bonds. The number of aromatic nitrogens is 1. The van der Waals surface area contributed by atoms with E-state index >= 15 is 0 Å². The average Bonchev–Trinajstić information content (AvgIpc) is 3.17. The van der Waals surface area contributed by atoms with Gasteiger partial charge in [0, 0.05) is 24.2 Å². The van der Waals surface area contributed by atoms with E-state index < -0.39 is 11.8 Å². The van der Waals surface area contributed by atoms with Gasteiger partial charge in [0.15, 0.2) is 5.58 Å². The van der Waals surface area contributed by atoms with Crippen molar-refractivity contribution in [1.29, 1.82) is 0 Å². The zero-order valence-electron chi connectivity index (χ0n) is 13.1. The number of rotatable bonds is 3. The maximum Gasteiger partial charge on any atom is 0.227 e. The van der Waals surface area contributed by atoms with E-state index in [9.17, 15) is 14.0 Å². The number of hydrogen-bond donors (Lipinski definition) is 1. The second-order valence-electron chi connectivity index (χ2n) is 5.99. The topological polar surface area (TPSA) is 89.4 Å². The minimum atomic E-state index is -0.483. The number of fused-ring (bicyclic) bond motifs is 1. The average molecular weight is 339 g/mol. The summed E-state index contributed by atoms with van der Waals surface area (Å²) in [6, 6.07) is 11.1. The van der Waals surface area contributed by atoms with Crippen molar-refractivity contribution in [2.75, 3.05) is 11.4 Å². The Morgan fingerprint density at radius 1 is 1.28 bits per heavy atom.